The second-order valence-corrected chi connectivity index (χ2v) is 9.23. The number of para-hydroxylation sites is 2. The number of hydrogen-bond donors (Lipinski definition) is 3. The quantitative estimate of drug-likeness (QED) is 0.383. The Morgan fingerprint density at radius 3 is 2.52 bits per heavy atom. The third kappa shape index (κ3) is 3.12. The number of rotatable bonds is 4. The summed E-state index contributed by atoms with van der Waals surface area (Å²) in [5.74, 6) is -0.0374. The highest BCUT2D eigenvalue weighted by Crippen LogP contribution is 2.41. The Balaban J connectivity index is 1.64. The van der Waals surface area contributed by atoms with Crippen molar-refractivity contribution in [2.45, 2.75) is 4.90 Å². The molecular weight excluding hydrogens is 406 g/mol. The van der Waals surface area contributed by atoms with Crippen molar-refractivity contribution in [2.24, 2.45) is 0 Å². The molecule has 144 valence electrons. The maximum atomic E-state index is 12.8. The van der Waals surface area contributed by atoms with Crippen LogP contribution in [-0.2, 0) is 10.0 Å². The van der Waals surface area contributed by atoms with Crippen molar-refractivity contribution in [1.29, 1.82) is 0 Å². The minimum atomic E-state index is -3.78. The number of hydrogen-bond acceptors (Lipinski definition) is 5. The van der Waals surface area contributed by atoms with E-state index >= 15 is 0 Å². The maximum absolute atomic E-state index is 12.8. The number of aromatic nitrogens is 2. The Hall–Kier alpha value is -3.36. The Bertz CT molecular complexity index is 1420. The minimum Gasteiger partial charge on any atom is -0.494 e. The molecule has 0 spiro atoms. The first-order valence-corrected chi connectivity index (χ1v) is 11.1. The molecule has 0 saturated heterocycles. The van der Waals surface area contributed by atoms with Crippen LogP contribution < -0.4 is 4.72 Å². The van der Waals surface area contributed by atoms with Gasteiger partial charge in [-0.25, -0.2) is 13.4 Å². The van der Waals surface area contributed by atoms with Crippen LogP contribution in [0.25, 0.3) is 31.7 Å². The number of aromatic hydroxyl groups is 1. The summed E-state index contributed by atoms with van der Waals surface area (Å²) in [6.45, 7) is 0. The summed E-state index contributed by atoms with van der Waals surface area (Å²) in [5, 5.41) is 11.7. The van der Waals surface area contributed by atoms with Gasteiger partial charge in [0.1, 0.15) is 5.01 Å². The number of aromatic amines is 1. The molecule has 3 aromatic carbocycles. The van der Waals surface area contributed by atoms with E-state index in [2.05, 4.69) is 14.7 Å². The summed E-state index contributed by atoms with van der Waals surface area (Å²) in [4.78, 5) is 7.61. The lowest BCUT2D eigenvalue weighted by Crippen LogP contribution is -2.12. The van der Waals surface area contributed by atoms with Crippen molar-refractivity contribution in [2.75, 3.05) is 4.72 Å². The van der Waals surface area contributed by atoms with E-state index in [1.54, 1.807) is 36.4 Å². The van der Waals surface area contributed by atoms with Crippen molar-refractivity contribution in [3.8, 4) is 16.5 Å². The van der Waals surface area contributed by atoms with Gasteiger partial charge in [0.25, 0.3) is 10.0 Å². The monoisotopic (exact) mass is 421 g/mol. The minimum absolute atomic E-state index is 0.0374. The standard InChI is InChI=1S/C21H15N3O3S2/c25-20-19(21-23-17-8-4-5-9-18(17)28-21)15-12-14(10-11-16(15)22-20)29(26,27)24-13-6-2-1-3-7-13/h1-12,22,24-25H. The number of fused-ring (bicyclic) bond motifs is 2. The van der Waals surface area contributed by atoms with Gasteiger partial charge < -0.3 is 10.1 Å². The highest BCUT2D eigenvalue weighted by atomic mass is 32.2. The van der Waals surface area contributed by atoms with Crippen LogP contribution in [0.4, 0.5) is 5.69 Å². The smallest absolute Gasteiger partial charge is 0.261 e. The lowest BCUT2D eigenvalue weighted by molar-refractivity contribution is 0.460. The third-order valence-electron chi connectivity index (χ3n) is 4.59. The molecule has 2 heterocycles. The van der Waals surface area contributed by atoms with Crippen LogP contribution >= 0.6 is 11.3 Å². The zero-order valence-electron chi connectivity index (χ0n) is 15.0. The fourth-order valence-corrected chi connectivity index (χ4v) is 5.35. The summed E-state index contributed by atoms with van der Waals surface area (Å²) < 4.78 is 29.3. The Kier molecular flexibility index (Phi) is 4.04. The van der Waals surface area contributed by atoms with Gasteiger partial charge in [0, 0.05) is 16.6 Å². The molecule has 29 heavy (non-hydrogen) atoms. The van der Waals surface area contributed by atoms with Gasteiger partial charge in [0.2, 0.25) is 0 Å². The maximum Gasteiger partial charge on any atom is 0.261 e. The first-order chi connectivity index (χ1) is 14.0. The fourth-order valence-electron chi connectivity index (χ4n) is 3.24. The van der Waals surface area contributed by atoms with Gasteiger partial charge in [0.15, 0.2) is 5.88 Å². The molecule has 0 aliphatic heterocycles. The van der Waals surface area contributed by atoms with E-state index in [9.17, 15) is 13.5 Å². The number of sulfonamides is 1. The molecule has 0 bridgehead atoms. The van der Waals surface area contributed by atoms with Crippen LogP contribution in [0.5, 0.6) is 5.88 Å². The number of nitrogens with one attached hydrogen (secondary N) is 2. The lowest BCUT2D eigenvalue weighted by atomic mass is 10.2. The normalized spacial score (nSPS) is 11.9. The average molecular weight is 422 g/mol. The van der Waals surface area contributed by atoms with E-state index in [4.69, 9.17) is 0 Å². The average Bonchev–Trinajstić information content (AvgIpc) is 3.27. The van der Waals surface area contributed by atoms with Gasteiger partial charge in [-0.05, 0) is 42.5 Å². The van der Waals surface area contributed by atoms with Crippen LogP contribution in [0.15, 0.2) is 77.7 Å². The molecule has 0 atom stereocenters. The molecule has 0 saturated carbocycles. The van der Waals surface area contributed by atoms with Gasteiger partial charge in [-0.3, -0.25) is 4.72 Å². The molecule has 0 aliphatic carbocycles. The summed E-state index contributed by atoms with van der Waals surface area (Å²) in [6, 6.07) is 21.1. The SMILES string of the molecule is O=S(=O)(Nc1ccccc1)c1ccc2[nH]c(O)c(-c3nc4ccccc4s3)c2c1. The summed E-state index contributed by atoms with van der Waals surface area (Å²) >= 11 is 1.44. The Labute approximate surface area is 170 Å². The van der Waals surface area contributed by atoms with E-state index in [0.717, 1.165) is 10.2 Å². The largest absolute Gasteiger partial charge is 0.494 e. The molecule has 2 aromatic heterocycles. The molecule has 5 rings (SSSR count). The summed E-state index contributed by atoms with van der Waals surface area (Å²) in [6.07, 6.45) is 0. The van der Waals surface area contributed by atoms with Crippen molar-refractivity contribution in [3.63, 3.8) is 0 Å². The highest BCUT2D eigenvalue weighted by Gasteiger charge is 2.21. The third-order valence-corrected chi connectivity index (χ3v) is 7.03. The van der Waals surface area contributed by atoms with Crippen molar-refractivity contribution in [3.05, 3.63) is 72.8 Å². The van der Waals surface area contributed by atoms with E-state index < -0.39 is 10.0 Å². The predicted molar refractivity (Wildman–Crippen MR) is 116 cm³/mol. The molecular formula is C21H15N3O3S2. The zero-order valence-corrected chi connectivity index (χ0v) is 16.6. The molecule has 0 amide bonds. The van der Waals surface area contributed by atoms with Crippen molar-refractivity contribution >= 4 is 48.2 Å². The van der Waals surface area contributed by atoms with Gasteiger partial charge >= 0.3 is 0 Å². The molecule has 0 unspecified atom stereocenters. The fraction of sp³-hybridized carbons (Fsp3) is 0. The van der Waals surface area contributed by atoms with E-state index in [1.165, 1.54) is 17.4 Å². The van der Waals surface area contributed by atoms with Crippen LogP contribution in [-0.4, -0.2) is 23.5 Å². The molecule has 0 radical (unpaired) electrons. The summed E-state index contributed by atoms with van der Waals surface area (Å²) in [7, 11) is -3.78. The van der Waals surface area contributed by atoms with Crippen molar-refractivity contribution < 1.29 is 13.5 Å². The first kappa shape index (κ1) is 17.7. The van der Waals surface area contributed by atoms with Gasteiger partial charge in [0.05, 0.1) is 20.7 Å². The van der Waals surface area contributed by atoms with E-state index in [1.807, 2.05) is 30.3 Å². The molecule has 6 nitrogen and oxygen atoms in total. The van der Waals surface area contributed by atoms with Gasteiger partial charge in [-0.1, -0.05) is 30.3 Å². The van der Waals surface area contributed by atoms with Crippen molar-refractivity contribution in [1.82, 2.24) is 9.97 Å². The zero-order chi connectivity index (χ0) is 20.0. The van der Waals surface area contributed by atoms with Crippen LogP contribution in [0.2, 0.25) is 0 Å². The van der Waals surface area contributed by atoms with Crippen LogP contribution in [0.1, 0.15) is 0 Å². The lowest BCUT2D eigenvalue weighted by Gasteiger charge is -2.08. The van der Waals surface area contributed by atoms with Crippen LogP contribution in [0, 0.1) is 0 Å². The number of benzene rings is 3. The van der Waals surface area contributed by atoms with E-state index in [0.29, 0.717) is 27.2 Å². The van der Waals surface area contributed by atoms with Gasteiger partial charge in [-0.15, -0.1) is 11.3 Å². The number of nitrogens with zero attached hydrogens (tertiary/aromatic N) is 1. The second kappa shape index (κ2) is 6.61. The molecule has 3 N–H and O–H groups in total. The number of thiazole rings is 1. The summed E-state index contributed by atoms with van der Waals surface area (Å²) in [5.41, 5.74) is 2.44. The highest BCUT2D eigenvalue weighted by molar-refractivity contribution is 7.92. The Morgan fingerprint density at radius 2 is 1.72 bits per heavy atom. The number of anilines is 1. The molecule has 0 fully saturated rings. The topological polar surface area (TPSA) is 95.1 Å². The predicted octanol–water partition coefficient (Wildman–Crippen LogP) is 4.95. The molecule has 5 aromatic rings. The van der Waals surface area contributed by atoms with E-state index in [-0.39, 0.29) is 10.8 Å². The number of H-pyrrole nitrogens is 1. The second-order valence-electron chi connectivity index (χ2n) is 6.51. The molecule has 0 aliphatic rings. The first-order valence-electron chi connectivity index (χ1n) is 8.80. The Morgan fingerprint density at radius 1 is 0.966 bits per heavy atom. The molecule has 8 heteroatoms. The van der Waals surface area contributed by atoms with Crippen LogP contribution in [0.3, 0.4) is 0 Å². The van der Waals surface area contributed by atoms with Gasteiger partial charge in [-0.2, -0.15) is 0 Å².